The Morgan fingerprint density at radius 3 is 2.29 bits per heavy atom. The maximum absolute atomic E-state index is 7.08. The molecule has 0 radical (unpaired) electrons. The summed E-state index contributed by atoms with van der Waals surface area (Å²) in [6.07, 6.45) is 2.77. The third-order valence-corrected chi connectivity index (χ3v) is 11.6. The van der Waals surface area contributed by atoms with E-state index in [-0.39, 0.29) is 17.4 Å². The highest BCUT2D eigenvalue weighted by atomic mass is 28.4. The summed E-state index contributed by atoms with van der Waals surface area (Å²) < 4.78 is 15.5. The van der Waals surface area contributed by atoms with Crippen LogP contribution in [-0.2, 0) is 9.16 Å². The molecule has 9 heteroatoms. The predicted octanol–water partition coefficient (Wildman–Crippen LogP) is 2.47. The number of nitrogens with zero attached hydrogens (tertiary/aromatic N) is 4. The molecule has 1 fully saturated rings. The zero-order valence-electron chi connectivity index (χ0n) is 20.4. The minimum atomic E-state index is -2.64. The van der Waals surface area contributed by atoms with Crippen molar-refractivity contribution >= 4 is 35.7 Å². The summed E-state index contributed by atoms with van der Waals surface area (Å²) in [4.78, 5) is 12.8. The van der Waals surface area contributed by atoms with Crippen LogP contribution in [0, 0.1) is 0 Å². The molecule has 2 atom stereocenters. The van der Waals surface area contributed by atoms with Crippen molar-refractivity contribution in [1.29, 1.82) is 0 Å². The molecule has 0 spiro atoms. The number of benzene rings is 2. The number of aromatic nitrogens is 4. The van der Waals surface area contributed by atoms with Crippen LogP contribution in [0.5, 0.6) is 0 Å². The summed E-state index contributed by atoms with van der Waals surface area (Å²) in [5.74, 6) is 0.365. The molecule has 35 heavy (non-hydrogen) atoms. The molecule has 3 N–H and O–H groups in total. The molecule has 8 nitrogen and oxygen atoms in total. The SMILES string of the molecule is CC(C)(C)[Si](OCC1CNCC(n2cnc3c(N)ncnc32)O1)(c1ccccc1)c1ccccc1. The minimum absolute atomic E-state index is 0.0911. The van der Waals surface area contributed by atoms with Crippen LogP contribution in [0.2, 0.25) is 5.04 Å². The minimum Gasteiger partial charge on any atom is -0.405 e. The van der Waals surface area contributed by atoms with Crippen molar-refractivity contribution in [3.63, 3.8) is 0 Å². The maximum atomic E-state index is 7.08. The monoisotopic (exact) mass is 488 g/mol. The second kappa shape index (κ2) is 9.50. The molecule has 5 rings (SSSR count). The fourth-order valence-corrected chi connectivity index (χ4v) is 9.60. The van der Waals surface area contributed by atoms with Crippen LogP contribution >= 0.6 is 0 Å². The number of nitrogens with two attached hydrogens (primary N) is 1. The van der Waals surface area contributed by atoms with E-state index in [0.717, 1.165) is 0 Å². The zero-order chi connectivity index (χ0) is 24.5. The number of morpholine rings is 1. The Balaban J connectivity index is 1.43. The lowest BCUT2D eigenvalue weighted by Crippen LogP contribution is -2.67. The number of imidazole rings is 1. The van der Waals surface area contributed by atoms with Crippen LogP contribution < -0.4 is 21.4 Å². The second-order valence-electron chi connectivity index (χ2n) is 9.93. The average molecular weight is 489 g/mol. The third kappa shape index (κ3) is 4.36. The Kier molecular flexibility index (Phi) is 6.41. The molecule has 2 unspecified atom stereocenters. The van der Waals surface area contributed by atoms with Gasteiger partial charge in [0, 0.05) is 13.1 Å². The Morgan fingerprint density at radius 2 is 1.66 bits per heavy atom. The predicted molar refractivity (Wildman–Crippen MR) is 140 cm³/mol. The van der Waals surface area contributed by atoms with Gasteiger partial charge in [0.25, 0.3) is 8.32 Å². The number of fused-ring (bicyclic) bond motifs is 1. The van der Waals surface area contributed by atoms with Gasteiger partial charge in [0.05, 0.1) is 19.0 Å². The largest absolute Gasteiger partial charge is 0.405 e. The van der Waals surface area contributed by atoms with Gasteiger partial charge in [-0.15, -0.1) is 0 Å². The normalized spacial score (nSPS) is 19.2. The van der Waals surface area contributed by atoms with E-state index in [4.69, 9.17) is 14.9 Å². The highest BCUT2D eigenvalue weighted by Crippen LogP contribution is 2.37. The molecule has 0 amide bonds. The molecule has 182 valence electrons. The van der Waals surface area contributed by atoms with E-state index in [0.29, 0.717) is 36.7 Å². The number of anilines is 1. The van der Waals surface area contributed by atoms with Crippen molar-refractivity contribution in [3.8, 4) is 0 Å². The van der Waals surface area contributed by atoms with E-state index in [1.807, 2.05) is 4.57 Å². The smallest absolute Gasteiger partial charge is 0.261 e. The number of rotatable bonds is 6. The van der Waals surface area contributed by atoms with E-state index in [1.54, 1.807) is 6.33 Å². The molecular weight excluding hydrogens is 456 g/mol. The van der Waals surface area contributed by atoms with E-state index in [1.165, 1.54) is 16.7 Å². The van der Waals surface area contributed by atoms with Crippen LogP contribution in [-0.4, -0.2) is 53.6 Å². The zero-order valence-corrected chi connectivity index (χ0v) is 21.4. The Hall–Kier alpha value is -3.11. The highest BCUT2D eigenvalue weighted by Gasteiger charge is 2.50. The van der Waals surface area contributed by atoms with Gasteiger partial charge in [-0.25, -0.2) is 15.0 Å². The van der Waals surface area contributed by atoms with Gasteiger partial charge >= 0.3 is 0 Å². The lowest BCUT2D eigenvalue weighted by molar-refractivity contribution is -0.0908. The van der Waals surface area contributed by atoms with E-state index in [9.17, 15) is 0 Å². The first-order valence-electron chi connectivity index (χ1n) is 11.9. The van der Waals surface area contributed by atoms with Crippen LogP contribution in [0.25, 0.3) is 11.2 Å². The molecule has 0 bridgehead atoms. The summed E-state index contributed by atoms with van der Waals surface area (Å²) in [6.45, 7) is 8.67. The Bertz CT molecular complexity index is 1240. The maximum Gasteiger partial charge on any atom is 0.261 e. The first-order chi connectivity index (χ1) is 16.9. The van der Waals surface area contributed by atoms with Gasteiger partial charge in [-0.05, 0) is 15.4 Å². The van der Waals surface area contributed by atoms with Crippen molar-refractivity contribution in [3.05, 3.63) is 73.3 Å². The molecule has 2 aromatic heterocycles. The Labute approximate surface area is 206 Å². The van der Waals surface area contributed by atoms with E-state index >= 15 is 0 Å². The number of ether oxygens (including phenoxy) is 1. The summed E-state index contributed by atoms with van der Waals surface area (Å²) in [5, 5.41) is 5.92. The van der Waals surface area contributed by atoms with Gasteiger partial charge in [-0.2, -0.15) is 0 Å². The number of nitrogen functional groups attached to an aromatic ring is 1. The van der Waals surface area contributed by atoms with Crippen molar-refractivity contribution in [2.24, 2.45) is 0 Å². The fraction of sp³-hybridized carbons (Fsp3) is 0.346. The molecule has 4 aromatic rings. The van der Waals surface area contributed by atoms with Crippen LogP contribution in [0.1, 0.15) is 27.0 Å². The van der Waals surface area contributed by atoms with Crippen molar-refractivity contribution in [1.82, 2.24) is 24.8 Å². The summed E-state index contributed by atoms with van der Waals surface area (Å²) in [5.41, 5.74) is 7.22. The lowest BCUT2D eigenvalue weighted by atomic mass is 10.2. The van der Waals surface area contributed by atoms with Gasteiger partial charge in [-0.1, -0.05) is 81.4 Å². The first kappa shape index (κ1) is 23.6. The molecule has 2 aromatic carbocycles. The topological polar surface area (TPSA) is 100 Å². The molecule has 3 heterocycles. The van der Waals surface area contributed by atoms with Gasteiger partial charge in [0.15, 0.2) is 11.5 Å². The third-order valence-electron chi connectivity index (χ3n) is 6.64. The van der Waals surface area contributed by atoms with E-state index < -0.39 is 8.32 Å². The molecule has 0 saturated carbocycles. The van der Waals surface area contributed by atoms with Gasteiger partial charge < -0.3 is 20.2 Å². The molecule has 1 aliphatic rings. The number of hydrogen-bond donors (Lipinski definition) is 2. The number of nitrogens with one attached hydrogen (secondary N) is 1. The lowest BCUT2D eigenvalue weighted by Gasteiger charge is -2.44. The van der Waals surface area contributed by atoms with Crippen molar-refractivity contribution in [2.75, 3.05) is 25.4 Å². The molecule has 1 saturated heterocycles. The fourth-order valence-electron chi connectivity index (χ4n) is 5.01. The van der Waals surface area contributed by atoms with Crippen LogP contribution in [0.3, 0.4) is 0 Å². The van der Waals surface area contributed by atoms with Crippen LogP contribution in [0.15, 0.2) is 73.3 Å². The quantitative estimate of drug-likeness (QED) is 0.402. The van der Waals surface area contributed by atoms with Gasteiger partial charge in [0.1, 0.15) is 18.1 Å². The number of hydrogen-bond acceptors (Lipinski definition) is 7. The molecule has 1 aliphatic heterocycles. The summed E-state index contributed by atoms with van der Waals surface area (Å²) in [7, 11) is -2.64. The Morgan fingerprint density at radius 1 is 1.00 bits per heavy atom. The first-order valence-corrected chi connectivity index (χ1v) is 13.8. The molecular formula is C26H32N6O2Si. The van der Waals surface area contributed by atoms with Crippen molar-refractivity contribution < 1.29 is 9.16 Å². The highest BCUT2D eigenvalue weighted by molar-refractivity contribution is 6.99. The second-order valence-corrected chi connectivity index (χ2v) is 14.2. The standard InChI is InChI=1S/C26H32N6O2Si/c1-26(2,3)35(20-10-6-4-7-11-20,21-12-8-5-9-13-21)33-16-19-14-28-15-22(34-19)32-18-31-23-24(27)29-17-30-25(23)32/h4-13,17-19,22,28H,14-16H2,1-3H3,(H2,27,29,30). The van der Waals surface area contributed by atoms with E-state index in [2.05, 4.69) is 102 Å². The average Bonchev–Trinajstić information content (AvgIpc) is 3.31. The summed E-state index contributed by atoms with van der Waals surface area (Å²) in [6, 6.07) is 21.3. The molecule has 0 aliphatic carbocycles. The summed E-state index contributed by atoms with van der Waals surface area (Å²) >= 11 is 0. The van der Waals surface area contributed by atoms with Gasteiger partial charge in [-0.3, -0.25) is 4.57 Å². The van der Waals surface area contributed by atoms with Crippen LogP contribution in [0.4, 0.5) is 5.82 Å². The van der Waals surface area contributed by atoms with Crippen molar-refractivity contribution in [2.45, 2.75) is 38.1 Å². The van der Waals surface area contributed by atoms with Gasteiger partial charge in [0.2, 0.25) is 0 Å².